The molecule has 1 N–H and O–H groups in total. The van der Waals surface area contributed by atoms with E-state index in [2.05, 4.69) is 22.2 Å². The van der Waals surface area contributed by atoms with Gasteiger partial charge in [0.1, 0.15) is 11.5 Å². The number of halogens is 1. The fourth-order valence-corrected chi connectivity index (χ4v) is 3.04. The molecule has 5 nitrogen and oxygen atoms in total. The number of rotatable bonds is 4. The maximum absolute atomic E-state index is 13.0. The Morgan fingerprint density at radius 1 is 1.29 bits per heavy atom. The van der Waals surface area contributed by atoms with Crippen LogP contribution in [0.1, 0.15) is 43.1 Å². The smallest absolute Gasteiger partial charge is 0.272 e. The number of anilines is 2. The quantitative estimate of drug-likeness (QED) is 0.928. The van der Waals surface area contributed by atoms with Crippen molar-refractivity contribution in [2.75, 3.05) is 11.9 Å². The highest BCUT2D eigenvalue weighted by Crippen LogP contribution is 2.22. The van der Waals surface area contributed by atoms with Crippen LogP contribution in [0.4, 0.5) is 16.0 Å². The summed E-state index contributed by atoms with van der Waals surface area (Å²) in [6, 6.07) is 7.85. The molecule has 1 unspecified atom stereocenters. The largest absolute Gasteiger partial charge is 0.334 e. The second-order valence-electron chi connectivity index (χ2n) is 5.95. The molecular formula is C18H21FN4O. The van der Waals surface area contributed by atoms with Crippen molar-refractivity contribution in [3.8, 4) is 0 Å². The molecule has 2 heterocycles. The molecule has 0 radical (unpaired) electrons. The minimum absolute atomic E-state index is 0.0499. The first-order valence-corrected chi connectivity index (χ1v) is 8.34. The van der Waals surface area contributed by atoms with Crippen LogP contribution < -0.4 is 5.32 Å². The summed E-state index contributed by atoms with van der Waals surface area (Å²) in [5.41, 5.74) is 1.06. The van der Waals surface area contributed by atoms with Gasteiger partial charge in [-0.3, -0.25) is 4.79 Å². The number of carbonyl (C=O) groups is 1. The summed E-state index contributed by atoms with van der Waals surface area (Å²) in [5.74, 6) is -0.0234. The SMILES string of the molecule is CCC1CCCCN1C(=O)c1ccnc(Nc2ccc(F)cc2)n1. The highest BCUT2D eigenvalue weighted by atomic mass is 19.1. The van der Waals surface area contributed by atoms with Crippen LogP contribution in [0.5, 0.6) is 0 Å². The third-order valence-electron chi connectivity index (χ3n) is 4.33. The van der Waals surface area contributed by atoms with Gasteiger partial charge in [-0.15, -0.1) is 0 Å². The number of nitrogens with zero attached hydrogens (tertiary/aromatic N) is 3. The number of carbonyl (C=O) groups excluding carboxylic acids is 1. The Bertz CT molecular complexity index is 704. The van der Waals surface area contributed by atoms with Gasteiger partial charge in [-0.2, -0.15) is 0 Å². The Morgan fingerprint density at radius 3 is 2.83 bits per heavy atom. The van der Waals surface area contributed by atoms with E-state index >= 15 is 0 Å². The van der Waals surface area contributed by atoms with E-state index in [0.29, 0.717) is 17.3 Å². The van der Waals surface area contributed by atoms with E-state index in [1.54, 1.807) is 24.4 Å². The highest BCUT2D eigenvalue weighted by Gasteiger charge is 2.27. The minimum Gasteiger partial charge on any atom is -0.334 e. The van der Waals surface area contributed by atoms with Crippen LogP contribution in [-0.4, -0.2) is 33.4 Å². The zero-order valence-electron chi connectivity index (χ0n) is 13.7. The highest BCUT2D eigenvalue weighted by molar-refractivity contribution is 5.92. The zero-order valence-corrected chi connectivity index (χ0v) is 13.7. The molecule has 126 valence electrons. The second-order valence-corrected chi connectivity index (χ2v) is 5.95. The van der Waals surface area contributed by atoms with Crippen LogP contribution in [0.3, 0.4) is 0 Å². The van der Waals surface area contributed by atoms with Gasteiger partial charge in [0.05, 0.1) is 0 Å². The number of amides is 1. The molecule has 0 bridgehead atoms. The molecule has 1 fully saturated rings. The topological polar surface area (TPSA) is 58.1 Å². The summed E-state index contributed by atoms with van der Waals surface area (Å²) in [6.45, 7) is 2.89. The first-order valence-electron chi connectivity index (χ1n) is 8.34. The lowest BCUT2D eigenvalue weighted by Crippen LogP contribution is -2.43. The van der Waals surface area contributed by atoms with Crippen LogP contribution in [0.25, 0.3) is 0 Å². The van der Waals surface area contributed by atoms with E-state index in [1.165, 1.54) is 18.6 Å². The number of piperidine rings is 1. The minimum atomic E-state index is -0.305. The van der Waals surface area contributed by atoms with Crippen LogP contribution in [-0.2, 0) is 0 Å². The van der Waals surface area contributed by atoms with Crippen LogP contribution in [0, 0.1) is 5.82 Å². The van der Waals surface area contributed by atoms with Gasteiger partial charge < -0.3 is 10.2 Å². The van der Waals surface area contributed by atoms with E-state index in [-0.39, 0.29) is 17.8 Å². The fourth-order valence-electron chi connectivity index (χ4n) is 3.04. The normalized spacial score (nSPS) is 17.6. The van der Waals surface area contributed by atoms with Gasteiger partial charge in [-0.05, 0) is 56.0 Å². The average Bonchev–Trinajstić information content (AvgIpc) is 2.63. The number of hydrogen-bond acceptors (Lipinski definition) is 4. The molecule has 1 atom stereocenters. The molecule has 1 aliphatic heterocycles. The number of aromatic nitrogens is 2. The van der Waals surface area contributed by atoms with E-state index in [0.717, 1.165) is 25.8 Å². The van der Waals surface area contributed by atoms with Crippen molar-refractivity contribution in [1.82, 2.24) is 14.9 Å². The molecule has 1 aromatic heterocycles. The van der Waals surface area contributed by atoms with Gasteiger partial charge in [0.15, 0.2) is 0 Å². The van der Waals surface area contributed by atoms with Crippen molar-refractivity contribution in [2.45, 2.75) is 38.6 Å². The van der Waals surface area contributed by atoms with Crippen molar-refractivity contribution in [2.24, 2.45) is 0 Å². The standard InChI is InChI=1S/C18H21FN4O/c1-2-15-5-3-4-12-23(15)17(24)16-10-11-20-18(22-16)21-14-8-6-13(19)7-9-14/h6-11,15H,2-5,12H2,1H3,(H,20,21,22). The van der Waals surface area contributed by atoms with Crippen molar-refractivity contribution < 1.29 is 9.18 Å². The molecule has 1 aromatic carbocycles. The van der Waals surface area contributed by atoms with E-state index in [9.17, 15) is 9.18 Å². The number of hydrogen-bond donors (Lipinski definition) is 1. The monoisotopic (exact) mass is 328 g/mol. The Labute approximate surface area is 140 Å². The number of likely N-dealkylation sites (tertiary alicyclic amines) is 1. The lowest BCUT2D eigenvalue weighted by molar-refractivity contribution is 0.0602. The molecular weight excluding hydrogens is 307 g/mol. The van der Waals surface area contributed by atoms with Crippen molar-refractivity contribution in [1.29, 1.82) is 0 Å². The molecule has 6 heteroatoms. The molecule has 3 rings (SSSR count). The lowest BCUT2D eigenvalue weighted by Gasteiger charge is -2.35. The van der Waals surface area contributed by atoms with Gasteiger partial charge in [-0.1, -0.05) is 6.92 Å². The van der Waals surface area contributed by atoms with E-state index < -0.39 is 0 Å². The van der Waals surface area contributed by atoms with Gasteiger partial charge in [0.25, 0.3) is 5.91 Å². The summed E-state index contributed by atoms with van der Waals surface area (Å²) in [6.07, 6.45) is 5.78. The first kappa shape index (κ1) is 16.4. The molecule has 0 aliphatic carbocycles. The molecule has 1 aliphatic rings. The fraction of sp³-hybridized carbons (Fsp3) is 0.389. The van der Waals surface area contributed by atoms with Crippen molar-refractivity contribution in [3.63, 3.8) is 0 Å². The second kappa shape index (κ2) is 7.38. The lowest BCUT2D eigenvalue weighted by atomic mass is 9.99. The van der Waals surface area contributed by atoms with Gasteiger partial charge in [-0.25, -0.2) is 14.4 Å². The van der Waals surface area contributed by atoms with Gasteiger partial charge in [0.2, 0.25) is 5.95 Å². The average molecular weight is 328 g/mol. The van der Waals surface area contributed by atoms with Crippen molar-refractivity contribution in [3.05, 3.63) is 48.0 Å². The van der Waals surface area contributed by atoms with Crippen LogP contribution in [0.2, 0.25) is 0 Å². The Hall–Kier alpha value is -2.50. The predicted molar refractivity (Wildman–Crippen MR) is 90.7 cm³/mol. The zero-order chi connectivity index (χ0) is 16.9. The third-order valence-corrected chi connectivity index (χ3v) is 4.33. The van der Waals surface area contributed by atoms with E-state index in [1.807, 2.05) is 4.90 Å². The summed E-state index contributed by atoms with van der Waals surface area (Å²) in [5, 5.41) is 2.99. The molecule has 1 saturated heterocycles. The Balaban J connectivity index is 1.76. The summed E-state index contributed by atoms with van der Waals surface area (Å²) in [7, 11) is 0. The van der Waals surface area contributed by atoms with E-state index in [4.69, 9.17) is 0 Å². The molecule has 1 amide bonds. The maximum Gasteiger partial charge on any atom is 0.272 e. The summed E-state index contributed by atoms with van der Waals surface area (Å²) in [4.78, 5) is 23.2. The Morgan fingerprint density at radius 2 is 2.08 bits per heavy atom. The summed E-state index contributed by atoms with van der Waals surface area (Å²) < 4.78 is 13.0. The molecule has 2 aromatic rings. The third kappa shape index (κ3) is 3.69. The maximum atomic E-state index is 13.0. The van der Waals surface area contributed by atoms with Crippen LogP contribution >= 0.6 is 0 Å². The summed E-state index contributed by atoms with van der Waals surface area (Å²) >= 11 is 0. The molecule has 0 spiro atoms. The first-order chi connectivity index (χ1) is 11.7. The van der Waals surface area contributed by atoms with Gasteiger partial charge >= 0.3 is 0 Å². The van der Waals surface area contributed by atoms with Crippen molar-refractivity contribution >= 4 is 17.5 Å². The predicted octanol–water partition coefficient (Wildman–Crippen LogP) is 3.76. The van der Waals surface area contributed by atoms with Gasteiger partial charge in [0, 0.05) is 24.5 Å². The molecule has 0 saturated carbocycles. The van der Waals surface area contributed by atoms with Crippen LogP contribution in [0.15, 0.2) is 36.5 Å². The number of nitrogens with one attached hydrogen (secondary N) is 1. The Kier molecular flexibility index (Phi) is 5.03. The molecule has 24 heavy (non-hydrogen) atoms. The number of benzene rings is 1.